The van der Waals surface area contributed by atoms with Gasteiger partial charge in [-0.25, -0.2) is 0 Å². The van der Waals surface area contributed by atoms with Gasteiger partial charge in [-0.15, -0.1) is 0 Å². The number of nitrogens with zero attached hydrogens (tertiary/aromatic N) is 1. The fraction of sp³-hybridized carbons (Fsp3) is 0.385. The number of benzene rings is 1. The third-order valence-electron chi connectivity index (χ3n) is 3.46. The Kier molecular flexibility index (Phi) is 3.82. The maximum Gasteiger partial charge on any atom is 0.210 e. The van der Waals surface area contributed by atoms with Gasteiger partial charge in [-0.1, -0.05) is 28.1 Å². The van der Waals surface area contributed by atoms with E-state index in [2.05, 4.69) is 15.9 Å². The molecule has 1 aliphatic rings. The molecule has 1 amide bonds. The number of aldehydes is 1. The molecule has 2 atom stereocenters. The Bertz CT molecular complexity index is 430. The summed E-state index contributed by atoms with van der Waals surface area (Å²) >= 11 is 3.38. The number of hydrogen-bond donors (Lipinski definition) is 0. The minimum absolute atomic E-state index is 0.401. The fourth-order valence-electron chi connectivity index (χ4n) is 2.40. The molecule has 1 unspecified atom stereocenters. The van der Waals surface area contributed by atoms with Gasteiger partial charge in [0, 0.05) is 18.0 Å². The van der Waals surface area contributed by atoms with E-state index >= 15 is 0 Å². The molecule has 0 bridgehead atoms. The van der Waals surface area contributed by atoms with Crippen LogP contribution in [-0.2, 0) is 19.9 Å². The first kappa shape index (κ1) is 13.2. The number of halogens is 1. The number of carbonyl (C=O) groups excluding carboxylic acids is 2. The Morgan fingerprint density at radius 3 is 2.50 bits per heavy atom. The summed E-state index contributed by atoms with van der Waals surface area (Å²) < 4.78 is 6.60. The molecule has 0 radical (unpaired) electrons. The normalized spacial score (nSPS) is 27.2. The minimum atomic E-state index is -0.590. The van der Waals surface area contributed by atoms with Crippen LogP contribution in [0.2, 0.25) is 0 Å². The molecule has 1 fully saturated rings. The average Bonchev–Trinajstić information content (AvgIpc) is 2.79. The second-order valence-corrected chi connectivity index (χ2v) is 5.31. The Morgan fingerprint density at radius 1 is 1.39 bits per heavy atom. The Balaban J connectivity index is 2.35. The lowest BCUT2D eigenvalue weighted by Crippen LogP contribution is -2.33. The van der Waals surface area contributed by atoms with Crippen molar-refractivity contribution in [3.8, 4) is 0 Å². The molecule has 1 saturated heterocycles. The van der Waals surface area contributed by atoms with Crippen LogP contribution in [0.4, 0.5) is 0 Å². The van der Waals surface area contributed by atoms with Crippen molar-refractivity contribution in [3.63, 3.8) is 0 Å². The smallest absolute Gasteiger partial charge is 0.210 e. The van der Waals surface area contributed by atoms with Gasteiger partial charge in [-0.05, 0) is 17.7 Å². The second-order valence-electron chi connectivity index (χ2n) is 4.39. The SMILES string of the molecule is CO[C@@]1(c2ccc(Br)cc2)CC(C=O)N(C=O)C1. The summed E-state index contributed by atoms with van der Waals surface area (Å²) in [6.07, 6.45) is 2.00. The van der Waals surface area contributed by atoms with E-state index in [0.29, 0.717) is 19.4 Å². The van der Waals surface area contributed by atoms with Gasteiger partial charge < -0.3 is 14.4 Å². The first-order valence-electron chi connectivity index (χ1n) is 5.63. The summed E-state index contributed by atoms with van der Waals surface area (Å²) in [4.78, 5) is 23.5. The zero-order valence-electron chi connectivity index (χ0n) is 10.0. The number of methoxy groups -OCH3 is 1. The third kappa shape index (κ3) is 2.20. The van der Waals surface area contributed by atoms with Crippen LogP contribution in [0, 0.1) is 0 Å². The number of rotatable bonds is 4. The van der Waals surface area contributed by atoms with Gasteiger partial charge in [-0.3, -0.25) is 4.79 Å². The quantitative estimate of drug-likeness (QED) is 0.795. The van der Waals surface area contributed by atoms with Gasteiger partial charge in [0.05, 0.1) is 12.6 Å². The van der Waals surface area contributed by atoms with Crippen molar-refractivity contribution in [1.29, 1.82) is 0 Å². The van der Waals surface area contributed by atoms with Gasteiger partial charge in [0.15, 0.2) is 0 Å². The molecule has 0 spiro atoms. The zero-order valence-corrected chi connectivity index (χ0v) is 11.6. The van der Waals surface area contributed by atoms with Crippen molar-refractivity contribution in [2.24, 2.45) is 0 Å². The summed E-state index contributed by atoms with van der Waals surface area (Å²) in [5.74, 6) is 0. The molecule has 1 aliphatic heterocycles. The number of hydrogen-bond acceptors (Lipinski definition) is 3. The van der Waals surface area contributed by atoms with E-state index in [-0.39, 0.29) is 0 Å². The molecule has 1 aromatic rings. The monoisotopic (exact) mass is 311 g/mol. The van der Waals surface area contributed by atoms with Crippen LogP contribution >= 0.6 is 15.9 Å². The molecule has 0 aromatic heterocycles. The van der Waals surface area contributed by atoms with Crippen molar-refractivity contribution in [3.05, 3.63) is 34.3 Å². The summed E-state index contributed by atoms with van der Waals surface area (Å²) in [6.45, 7) is 0.401. The Hall–Kier alpha value is -1.20. The first-order chi connectivity index (χ1) is 8.65. The number of ether oxygens (including phenoxy) is 1. The minimum Gasteiger partial charge on any atom is -0.372 e. The van der Waals surface area contributed by atoms with Crippen LogP contribution in [0.15, 0.2) is 28.7 Å². The van der Waals surface area contributed by atoms with Crippen LogP contribution in [-0.4, -0.2) is 37.3 Å². The number of amides is 1. The molecule has 1 heterocycles. The lowest BCUT2D eigenvalue weighted by molar-refractivity contribution is -0.123. The van der Waals surface area contributed by atoms with Crippen molar-refractivity contribution in [2.75, 3.05) is 13.7 Å². The van der Waals surface area contributed by atoms with E-state index in [0.717, 1.165) is 16.3 Å². The Labute approximate surface area is 114 Å². The predicted octanol–water partition coefficient (Wildman–Crippen LogP) is 1.72. The molecule has 5 heteroatoms. The van der Waals surface area contributed by atoms with Gasteiger partial charge in [0.2, 0.25) is 6.41 Å². The van der Waals surface area contributed by atoms with Gasteiger partial charge in [0.1, 0.15) is 11.9 Å². The summed E-state index contributed by atoms with van der Waals surface area (Å²) in [6, 6.07) is 7.34. The van der Waals surface area contributed by atoms with Crippen LogP contribution in [0.5, 0.6) is 0 Å². The molecule has 0 N–H and O–H groups in total. The van der Waals surface area contributed by atoms with E-state index < -0.39 is 11.6 Å². The van der Waals surface area contributed by atoms with Crippen LogP contribution < -0.4 is 0 Å². The maximum atomic E-state index is 11.0. The lowest BCUT2D eigenvalue weighted by Gasteiger charge is -2.27. The van der Waals surface area contributed by atoms with E-state index in [1.54, 1.807) is 7.11 Å². The zero-order chi connectivity index (χ0) is 13.2. The molecule has 96 valence electrons. The van der Waals surface area contributed by atoms with E-state index in [1.807, 2.05) is 24.3 Å². The lowest BCUT2D eigenvalue weighted by atomic mass is 9.91. The largest absolute Gasteiger partial charge is 0.372 e. The summed E-state index contributed by atoms with van der Waals surface area (Å²) in [5, 5.41) is 0. The fourth-order valence-corrected chi connectivity index (χ4v) is 2.67. The standard InChI is InChI=1S/C13H14BrNO3/c1-18-13(10-2-4-11(14)5-3-10)6-12(7-16)15(8-13)9-17/h2-5,7,9,12H,6,8H2,1H3/t12?,13-/m0/s1. The van der Waals surface area contributed by atoms with Crippen molar-refractivity contribution in [1.82, 2.24) is 4.90 Å². The van der Waals surface area contributed by atoms with E-state index in [1.165, 1.54) is 4.90 Å². The van der Waals surface area contributed by atoms with Crippen molar-refractivity contribution >= 4 is 28.6 Å². The maximum absolute atomic E-state index is 11.0. The average molecular weight is 312 g/mol. The molecule has 2 rings (SSSR count). The molecule has 0 aliphatic carbocycles. The molecule has 1 aromatic carbocycles. The molecular weight excluding hydrogens is 298 g/mol. The highest BCUT2D eigenvalue weighted by Gasteiger charge is 2.45. The van der Waals surface area contributed by atoms with Crippen LogP contribution in [0.3, 0.4) is 0 Å². The second kappa shape index (κ2) is 5.20. The van der Waals surface area contributed by atoms with E-state index in [4.69, 9.17) is 4.74 Å². The summed E-state index contributed by atoms with van der Waals surface area (Å²) in [5.41, 5.74) is 0.386. The molecule has 18 heavy (non-hydrogen) atoms. The Morgan fingerprint density at radius 2 is 2.06 bits per heavy atom. The van der Waals surface area contributed by atoms with Crippen LogP contribution in [0.25, 0.3) is 0 Å². The van der Waals surface area contributed by atoms with Crippen molar-refractivity contribution in [2.45, 2.75) is 18.1 Å². The van der Waals surface area contributed by atoms with Gasteiger partial charge in [0.25, 0.3) is 0 Å². The number of carbonyl (C=O) groups is 2. The number of likely N-dealkylation sites (tertiary alicyclic amines) is 1. The van der Waals surface area contributed by atoms with Gasteiger partial charge in [-0.2, -0.15) is 0 Å². The highest BCUT2D eigenvalue weighted by atomic mass is 79.9. The van der Waals surface area contributed by atoms with Crippen LogP contribution in [0.1, 0.15) is 12.0 Å². The van der Waals surface area contributed by atoms with Gasteiger partial charge >= 0.3 is 0 Å². The van der Waals surface area contributed by atoms with E-state index in [9.17, 15) is 9.59 Å². The first-order valence-corrected chi connectivity index (χ1v) is 6.42. The highest BCUT2D eigenvalue weighted by molar-refractivity contribution is 9.10. The third-order valence-corrected chi connectivity index (χ3v) is 3.99. The predicted molar refractivity (Wildman–Crippen MR) is 70.1 cm³/mol. The molecule has 0 saturated carbocycles. The molecule has 4 nitrogen and oxygen atoms in total. The highest BCUT2D eigenvalue weighted by Crippen LogP contribution is 2.38. The summed E-state index contributed by atoms with van der Waals surface area (Å²) in [7, 11) is 1.61. The molecular formula is C13H14BrNO3. The topological polar surface area (TPSA) is 46.6 Å². The van der Waals surface area contributed by atoms with Crippen molar-refractivity contribution < 1.29 is 14.3 Å².